The van der Waals surface area contributed by atoms with Crippen LogP contribution in [0.3, 0.4) is 0 Å². The van der Waals surface area contributed by atoms with Crippen LogP contribution in [0, 0.1) is 10.1 Å². The predicted octanol–water partition coefficient (Wildman–Crippen LogP) is 3.13. The molecule has 0 fully saturated rings. The monoisotopic (exact) mass is 515 g/mol. The maximum absolute atomic E-state index is 13.7. The summed E-state index contributed by atoms with van der Waals surface area (Å²) in [5.74, 6) is 0.506. The highest BCUT2D eigenvalue weighted by atomic mass is 32.2. The Hall–Kier alpha value is -4.32. The molecule has 0 saturated carbocycles. The number of nitrogens with zero attached hydrogens (tertiary/aromatic N) is 2. The third-order valence-electron chi connectivity index (χ3n) is 5.22. The van der Waals surface area contributed by atoms with Crippen LogP contribution in [0.5, 0.6) is 17.2 Å². The van der Waals surface area contributed by atoms with E-state index in [1.807, 2.05) is 0 Å². The van der Waals surface area contributed by atoms with E-state index in [0.29, 0.717) is 11.5 Å². The van der Waals surface area contributed by atoms with E-state index in [9.17, 15) is 23.3 Å². The molecule has 1 N–H and O–H groups in total. The standard InChI is InChI=1S/C24H25N3O8S/c1-33-18-10-8-17(9-11-18)15-25-24(28)16-26(20-13-12-19(34-2)14-22(20)35-3)36(31,32)23-7-5-4-6-21(23)27(29)30/h4-14H,15-16H2,1-3H3,(H,25,28). The first kappa shape index (κ1) is 26.3. The first-order chi connectivity index (χ1) is 17.2. The van der Waals surface area contributed by atoms with Crippen LogP contribution >= 0.6 is 0 Å². The zero-order valence-electron chi connectivity index (χ0n) is 19.8. The molecule has 0 heterocycles. The van der Waals surface area contributed by atoms with Crippen molar-refractivity contribution in [2.24, 2.45) is 0 Å². The molecule has 12 heteroatoms. The average Bonchev–Trinajstić information content (AvgIpc) is 2.90. The van der Waals surface area contributed by atoms with Gasteiger partial charge in [0, 0.05) is 18.7 Å². The SMILES string of the molecule is COc1ccc(CNC(=O)CN(c2ccc(OC)cc2OC)S(=O)(=O)c2ccccc2[N+](=O)[O-])cc1. The molecule has 190 valence electrons. The molecule has 0 spiro atoms. The number of carbonyl (C=O) groups excluding carboxylic acids is 1. The highest BCUT2D eigenvalue weighted by Crippen LogP contribution is 2.37. The molecule has 0 aliphatic heterocycles. The summed E-state index contributed by atoms with van der Waals surface area (Å²) in [6.45, 7) is -0.533. The van der Waals surface area contributed by atoms with Crippen molar-refractivity contribution in [3.8, 4) is 17.2 Å². The Kier molecular flexibility index (Phi) is 8.33. The summed E-state index contributed by atoms with van der Waals surface area (Å²) in [6.07, 6.45) is 0. The number of methoxy groups -OCH3 is 3. The first-order valence-corrected chi connectivity index (χ1v) is 12.0. The molecule has 0 radical (unpaired) electrons. The Morgan fingerprint density at radius 1 is 0.944 bits per heavy atom. The van der Waals surface area contributed by atoms with E-state index in [1.165, 1.54) is 51.7 Å². The molecule has 0 atom stereocenters. The normalized spacial score (nSPS) is 10.9. The zero-order chi connectivity index (χ0) is 26.3. The number of carbonyl (C=O) groups is 1. The number of benzene rings is 3. The number of amides is 1. The van der Waals surface area contributed by atoms with Crippen molar-refractivity contribution in [3.05, 3.63) is 82.4 Å². The quantitative estimate of drug-likeness (QED) is 0.304. The van der Waals surface area contributed by atoms with Crippen molar-refractivity contribution < 1.29 is 32.3 Å². The highest BCUT2D eigenvalue weighted by Gasteiger charge is 2.34. The first-order valence-electron chi connectivity index (χ1n) is 10.6. The minimum Gasteiger partial charge on any atom is -0.497 e. The van der Waals surface area contributed by atoms with Crippen LogP contribution in [0.4, 0.5) is 11.4 Å². The van der Waals surface area contributed by atoms with Crippen LogP contribution in [-0.4, -0.2) is 47.1 Å². The maximum atomic E-state index is 13.7. The van der Waals surface area contributed by atoms with Gasteiger partial charge in [-0.25, -0.2) is 8.42 Å². The highest BCUT2D eigenvalue weighted by molar-refractivity contribution is 7.93. The van der Waals surface area contributed by atoms with Gasteiger partial charge in [-0.3, -0.25) is 19.2 Å². The molecule has 0 aliphatic carbocycles. The van der Waals surface area contributed by atoms with Gasteiger partial charge >= 0.3 is 0 Å². The summed E-state index contributed by atoms with van der Waals surface area (Å²) in [6, 6.07) is 16.3. The van der Waals surface area contributed by atoms with Crippen molar-refractivity contribution in [1.29, 1.82) is 0 Å². The Morgan fingerprint density at radius 3 is 2.19 bits per heavy atom. The van der Waals surface area contributed by atoms with Crippen molar-refractivity contribution >= 4 is 27.3 Å². The van der Waals surface area contributed by atoms with Gasteiger partial charge in [0.25, 0.3) is 15.7 Å². The molecular formula is C24H25N3O8S. The second-order valence-electron chi connectivity index (χ2n) is 7.40. The van der Waals surface area contributed by atoms with E-state index in [0.717, 1.165) is 22.0 Å². The molecule has 3 rings (SSSR count). The van der Waals surface area contributed by atoms with Crippen LogP contribution < -0.4 is 23.8 Å². The number of sulfonamides is 1. The Bertz CT molecular complexity index is 1340. The van der Waals surface area contributed by atoms with E-state index >= 15 is 0 Å². The Balaban J connectivity index is 1.99. The van der Waals surface area contributed by atoms with Gasteiger partial charge in [0.15, 0.2) is 4.90 Å². The van der Waals surface area contributed by atoms with Gasteiger partial charge in [-0.15, -0.1) is 0 Å². The fourth-order valence-electron chi connectivity index (χ4n) is 3.37. The molecule has 36 heavy (non-hydrogen) atoms. The maximum Gasteiger partial charge on any atom is 0.289 e. The lowest BCUT2D eigenvalue weighted by Crippen LogP contribution is -2.41. The fraction of sp³-hybridized carbons (Fsp3) is 0.208. The summed E-state index contributed by atoms with van der Waals surface area (Å²) in [5, 5.41) is 14.2. The van der Waals surface area contributed by atoms with Gasteiger partial charge in [0.1, 0.15) is 23.8 Å². The van der Waals surface area contributed by atoms with Gasteiger partial charge in [-0.1, -0.05) is 24.3 Å². The third-order valence-corrected chi connectivity index (χ3v) is 7.03. The zero-order valence-corrected chi connectivity index (χ0v) is 20.7. The summed E-state index contributed by atoms with van der Waals surface area (Å²) in [7, 11) is -0.273. The lowest BCUT2D eigenvalue weighted by Gasteiger charge is -2.25. The van der Waals surface area contributed by atoms with E-state index in [4.69, 9.17) is 14.2 Å². The lowest BCUT2D eigenvalue weighted by molar-refractivity contribution is -0.387. The van der Waals surface area contributed by atoms with Gasteiger partial charge in [-0.05, 0) is 35.9 Å². The molecule has 3 aromatic carbocycles. The number of hydrogen-bond acceptors (Lipinski definition) is 8. The number of nitrogens with one attached hydrogen (secondary N) is 1. The second kappa shape index (κ2) is 11.4. The number of ether oxygens (including phenoxy) is 3. The molecule has 0 aromatic heterocycles. The van der Waals surface area contributed by atoms with Crippen LogP contribution in [0.15, 0.2) is 71.6 Å². The van der Waals surface area contributed by atoms with Crippen LogP contribution in [0.1, 0.15) is 5.56 Å². The molecule has 3 aromatic rings. The van der Waals surface area contributed by atoms with E-state index in [2.05, 4.69) is 5.32 Å². The van der Waals surface area contributed by atoms with E-state index < -0.39 is 38.0 Å². The van der Waals surface area contributed by atoms with Gasteiger partial charge in [0.05, 0.1) is 31.9 Å². The Labute approximate surface area is 208 Å². The smallest absolute Gasteiger partial charge is 0.289 e. The van der Waals surface area contributed by atoms with Crippen LogP contribution in [0.25, 0.3) is 0 Å². The minimum absolute atomic E-state index is 0.0102. The van der Waals surface area contributed by atoms with Gasteiger partial charge in [0.2, 0.25) is 5.91 Å². The lowest BCUT2D eigenvalue weighted by atomic mass is 10.2. The fourth-order valence-corrected chi connectivity index (χ4v) is 4.96. The van der Waals surface area contributed by atoms with Crippen LogP contribution in [0.2, 0.25) is 0 Å². The van der Waals surface area contributed by atoms with Crippen LogP contribution in [-0.2, 0) is 21.4 Å². The molecule has 0 unspecified atom stereocenters. The number of para-hydroxylation sites is 1. The van der Waals surface area contributed by atoms with Crippen molar-refractivity contribution in [2.75, 3.05) is 32.2 Å². The third kappa shape index (κ3) is 5.84. The van der Waals surface area contributed by atoms with Gasteiger partial charge < -0.3 is 19.5 Å². The van der Waals surface area contributed by atoms with E-state index in [-0.39, 0.29) is 18.0 Å². The van der Waals surface area contributed by atoms with Gasteiger partial charge in [-0.2, -0.15) is 0 Å². The van der Waals surface area contributed by atoms with Crippen molar-refractivity contribution in [3.63, 3.8) is 0 Å². The van der Waals surface area contributed by atoms with Crippen molar-refractivity contribution in [1.82, 2.24) is 5.32 Å². The molecule has 0 aliphatic rings. The molecule has 1 amide bonds. The topological polar surface area (TPSA) is 137 Å². The summed E-state index contributed by atoms with van der Waals surface area (Å²) >= 11 is 0. The number of rotatable bonds is 11. The average molecular weight is 516 g/mol. The number of nitro benzene ring substituents is 1. The largest absolute Gasteiger partial charge is 0.497 e. The second-order valence-corrected chi connectivity index (χ2v) is 9.23. The summed E-state index contributed by atoms with van der Waals surface area (Å²) in [5.41, 5.74) is 0.156. The Morgan fingerprint density at radius 2 is 1.58 bits per heavy atom. The van der Waals surface area contributed by atoms with E-state index in [1.54, 1.807) is 24.3 Å². The molecule has 0 saturated heterocycles. The predicted molar refractivity (Wildman–Crippen MR) is 132 cm³/mol. The number of hydrogen-bond donors (Lipinski definition) is 1. The summed E-state index contributed by atoms with van der Waals surface area (Å²) in [4.78, 5) is 23.1. The molecule has 11 nitrogen and oxygen atoms in total. The molecular weight excluding hydrogens is 490 g/mol. The number of anilines is 1. The van der Waals surface area contributed by atoms with Crippen molar-refractivity contribution in [2.45, 2.75) is 11.4 Å². The molecule has 0 bridgehead atoms. The number of nitro groups is 1. The minimum atomic E-state index is -4.58. The summed E-state index contributed by atoms with van der Waals surface area (Å²) < 4.78 is 43.8.